The van der Waals surface area contributed by atoms with Crippen molar-refractivity contribution < 1.29 is 24.2 Å². The van der Waals surface area contributed by atoms with Gasteiger partial charge in [0.25, 0.3) is 5.79 Å². The molecule has 0 unspecified atom stereocenters. The van der Waals surface area contributed by atoms with Gasteiger partial charge in [0.15, 0.2) is 5.57 Å². The molecule has 0 aromatic rings. The van der Waals surface area contributed by atoms with Crippen molar-refractivity contribution in [2.45, 2.75) is 19.6 Å². The molecule has 0 aromatic carbocycles. The summed E-state index contributed by atoms with van der Waals surface area (Å²) >= 11 is 2.91. The maximum atomic E-state index is 11.3. The van der Waals surface area contributed by atoms with E-state index in [9.17, 15) is 14.7 Å². The number of rotatable bonds is 1. The smallest absolute Gasteiger partial charge is 0.352 e. The van der Waals surface area contributed by atoms with Crippen LogP contribution in [-0.4, -0.2) is 28.2 Å². The SMILES string of the molecule is CC1(C)OC(=O)C(=C(O)CBr)C(=O)O1. The van der Waals surface area contributed by atoms with E-state index < -0.39 is 29.1 Å². The molecule has 0 amide bonds. The predicted octanol–water partition coefficient (Wildman–Crippen LogP) is 1.03. The molecule has 1 N–H and O–H groups in total. The topological polar surface area (TPSA) is 72.8 Å². The van der Waals surface area contributed by atoms with Gasteiger partial charge < -0.3 is 14.6 Å². The van der Waals surface area contributed by atoms with Crippen LogP contribution in [0.5, 0.6) is 0 Å². The average molecular weight is 265 g/mol. The summed E-state index contributed by atoms with van der Waals surface area (Å²) in [6, 6.07) is 0. The molecule has 1 saturated heterocycles. The van der Waals surface area contributed by atoms with Crippen molar-refractivity contribution in [3.63, 3.8) is 0 Å². The molecular weight excluding hydrogens is 256 g/mol. The first-order chi connectivity index (χ1) is 6.37. The van der Waals surface area contributed by atoms with E-state index in [1.54, 1.807) is 0 Å². The first-order valence-electron chi connectivity index (χ1n) is 3.82. The Labute approximate surface area is 88.8 Å². The molecule has 1 heterocycles. The lowest BCUT2D eigenvalue weighted by molar-refractivity contribution is -0.222. The van der Waals surface area contributed by atoms with Crippen LogP contribution in [0.2, 0.25) is 0 Å². The summed E-state index contributed by atoms with van der Waals surface area (Å²) in [5.74, 6) is -3.41. The average Bonchev–Trinajstić information content (AvgIpc) is 1.99. The largest absolute Gasteiger partial charge is 0.510 e. The Kier molecular flexibility index (Phi) is 2.84. The Balaban J connectivity index is 3.04. The molecule has 0 radical (unpaired) electrons. The number of allylic oxidation sites excluding steroid dienone is 1. The number of carbonyl (C=O) groups is 2. The Morgan fingerprint density at radius 2 is 1.79 bits per heavy atom. The molecule has 0 atom stereocenters. The normalized spacial score (nSPS) is 20.1. The zero-order chi connectivity index (χ0) is 10.9. The number of halogens is 1. The number of aliphatic hydroxyl groups excluding tert-OH is 1. The third kappa shape index (κ3) is 2.06. The van der Waals surface area contributed by atoms with E-state index in [1.165, 1.54) is 13.8 Å². The summed E-state index contributed by atoms with van der Waals surface area (Å²) in [4.78, 5) is 22.5. The molecule has 1 rings (SSSR count). The molecule has 0 bridgehead atoms. The minimum atomic E-state index is -1.27. The lowest BCUT2D eigenvalue weighted by atomic mass is 10.2. The van der Waals surface area contributed by atoms with Gasteiger partial charge in [-0.05, 0) is 0 Å². The summed E-state index contributed by atoms with van der Waals surface area (Å²) in [5, 5.41) is 9.22. The Morgan fingerprint density at radius 3 is 2.14 bits per heavy atom. The van der Waals surface area contributed by atoms with Crippen molar-refractivity contribution in [1.82, 2.24) is 0 Å². The fourth-order valence-electron chi connectivity index (χ4n) is 0.955. The van der Waals surface area contributed by atoms with Gasteiger partial charge in [0.05, 0.1) is 5.33 Å². The summed E-state index contributed by atoms with van der Waals surface area (Å²) in [6.45, 7) is 2.87. The van der Waals surface area contributed by atoms with Gasteiger partial charge in [-0.25, -0.2) is 9.59 Å². The number of ether oxygens (including phenoxy) is 2. The van der Waals surface area contributed by atoms with E-state index in [0.717, 1.165) is 0 Å². The summed E-state index contributed by atoms with van der Waals surface area (Å²) < 4.78 is 9.52. The van der Waals surface area contributed by atoms with Crippen molar-refractivity contribution in [3.05, 3.63) is 11.3 Å². The Hall–Kier alpha value is -1.04. The van der Waals surface area contributed by atoms with Crippen LogP contribution < -0.4 is 0 Å². The molecule has 14 heavy (non-hydrogen) atoms. The first kappa shape index (κ1) is 11.0. The van der Waals surface area contributed by atoms with E-state index in [0.29, 0.717) is 0 Å². The number of hydrogen-bond acceptors (Lipinski definition) is 5. The van der Waals surface area contributed by atoms with Crippen LogP contribution in [0.15, 0.2) is 11.3 Å². The van der Waals surface area contributed by atoms with Crippen LogP contribution >= 0.6 is 15.9 Å². The molecule has 1 aliphatic rings. The third-order valence-corrected chi connectivity index (χ3v) is 2.03. The second-order valence-corrected chi connectivity index (χ2v) is 3.69. The fraction of sp³-hybridized carbons (Fsp3) is 0.500. The van der Waals surface area contributed by atoms with Gasteiger partial charge >= 0.3 is 11.9 Å². The van der Waals surface area contributed by atoms with Crippen LogP contribution in [0.4, 0.5) is 0 Å². The highest BCUT2D eigenvalue weighted by molar-refractivity contribution is 9.09. The highest BCUT2D eigenvalue weighted by atomic mass is 79.9. The second-order valence-electron chi connectivity index (χ2n) is 3.13. The van der Waals surface area contributed by atoms with Gasteiger partial charge in [-0.15, -0.1) is 0 Å². The summed E-state index contributed by atoms with van der Waals surface area (Å²) in [5.41, 5.74) is -0.457. The summed E-state index contributed by atoms with van der Waals surface area (Å²) in [6.07, 6.45) is 0. The van der Waals surface area contributed by atoms with Crippen molar-refractivity contribution in [2.75, 3.05) is 5.33 Å². The van der Waals surface area contributed by atoms with E-state index in [1.807, 2.05) is 0 Å². The minimum Gasteiger partial charge on any atom is -0.510 e. The zero-order valence-electron chi connectivity index (χ0n) is 7.67. The van der Waals surface area contributed by atoms with Gasteiger partial charge in [0.1, 0.15) is 5.76 Å². The van der Waals surface area contributed by atoms with Crippen LogP contribution in [-0.2, 0) is 19.1 Å². The van der Waals surface area contributed by atoms with E-state index >= 15 is 0 Å². The van der Waals surface area contributed by atoms with Crippen molar-refractivity contribution >= 4 is 27.9 Å². The molecule has 6 heteroatoms. The molecule has 0 spiro atoms. The second kappa shape index (κ2) is 3.61. The van der Waals surface area contributed by atoms with E-state index in [2.05, 4.69) is 15.9 Å². The molecular formula is C8H9BrO5. The molecule has 0 aliphatic carbocycles. The quantitative estimate of drug-likeness (QED) is 0.252. The zero-order valence-corrected chi connectivity index (χ0v) is 9.25. The number of hydrogen-bond donors (Lipinski definition) is 1. The highest BCUT2D eigenvalue weighted by Gasteiger charge is 2.40. The van der Waals surface area contributed by atoms with Gasteiger partial charge in [-0.2, -0.15) is 0 Å². The van der Waals surface area contributed by atoms with Crippen molar-refractivity contribution in [3.8, 4) is 0 Å². The van der Waals surface area contributed by atoms with Gasteiger partial charge in [-0.1, -0.05) is 15.9 Å². The molecule has 0 aromatic heterocycles. The van der Waals surface area contributed by atoms with Crippen LogP contribution in [0.1, 0.15) is 13.8 Å². The maximum absolute atomic E-state index is 11.3. The number of aliphatic hydroxyl groups is 1. The standard InChI is InChI=1S/C8H9BrO5/c1-8(2)13-6(11)5(4(10)3-9)7(12)14-8/h10H,3H2,1-2H3. The van der Waals surface area contributed by atoms with E-state index in [-0.39, 0.29) is 5.33 Å². The predicted molar refractivity (Wildman–Crippen MR) is 49.7 cm³/mol. The lowest BCUT2D eigenvalue weighted by Gasteiger charge is -2.29. The van der Waals surface area contributed by atoms with Crippen molar-refractivity contribution in [2.24, 2.45) is 0 Å². The Morgan fingerprint density at radius 1 is 1.36 bits per heavy atom. The lowest BCUT2D eigenvalue weighted by Crippen LogP contribution is -2.42. The fourth-order valence-corrected chi connectivity index (χ4v) is 1.24. The minimum absolute atomic E-state index is 0.00698. The molecule has 1 fully saturated rings. The number of alkyl halides is 1. The molecule has 0 saturated carbocycles. The maximum Gasteiger partial charge on any atom is 0.352 e. The van der Waals surface area contributed by atoms with Gasteiger partial charge in [0, 0.05) is 13.8 Å². The number of carbonyl (C=O) groups excluding carboxylic acids is 2. The summed E-state index contributed by atoms with van der Waals surface area (Å²) in [7, 11) is 0. The van der Waals surface area contributed by atoms with Crippen LogP contribution in [0.25, 0.3) is 0 Å². The number of esters is 2. The molecule has 1 aliphatic heterocycles. The Bertz CT molecular complexity index is 296. The third-order valence-electron chi connectivity index (χ3n) is 1.50. The van der Waals surface area contributed by atoms with E-state index in [4.69, 9.17) is 9.47 Å². The van der Waals surface area contributed by atoms with Crippen LogP contribution in [0, 0.1) is 0 Å². The first-order valence-corrected chi connectivity index (χ1v) is 4.94. The van der Waals surface area contributed by atoms with Gasteiger partial charge in [0.2, 0.25) is 0 Å². The van der Waals surface area contributed by atoms with Crippen LogP contribution in [0.3, 0.4) is 0 Å². The van der Waals surface area contributed by atoms with Gasteiger partial charge in [-0.3, -0.25) is 0 Å². The molecule has 78 valence electrons. The highest BCUT2D eigenvalue weighted by Crippen LogP contribution is 2.24. The monoisotopic (exact) mass is 264 g/mol. The molecule has 5 nitrogen and oxygen atoms in total. The number of cyclic esters (lactones) is 2. The van der Waals surface area contributed by atoms with Crippen molar-refractivity contribution in [1.29, 1.82) is 0 Å².